The summed E-state index contributed by atoms with van der Waals surface area (Å²) in [6.07, 6.45) is 5.47. The van der Waals surface area contributed by atoms with Gasteiger partial charge in [0.2, 0.25) is 0 Å². The highest BCUT2D eigenvalue weighted by molar-refractivity contribution is 5.78. The van der Waals surface area contributed by atoms with E-state index >= 15 is 0 Å². The van der Waals surface area contributed by atoms with Crippen molar-refractivity contribution < 1.29 is 15.0 Å². The molecule has 3 heteroatoms. The molecule has 0 heterocycles. The van der Waals surface area contributed by atoms with E-state index in [1.165, 1.54) is 11.1 Å². The van der Waals surface area contributed by atoms with Crippen LogP contribution in [-0.4, -0.2) is 21.8 Å². The van der Waals surface area contributed by atoms with E-state index in [0.717, 1.165) is 11.1 Å². The summed E-state index contributed by atoms with van der Waals surface area (Å²) >= 11 is 0. The number of benzene rings is 1. The van der Waals surface area contributed by atoms with Crippen LogP contribution in [-0.2, 0) is 4.79 Å². The number of aliphatic carboxylic acids is 1. The number of hydrogen-bond acceptors (Lipinski definition) is 2. The fourth-order valence-corrected chi connectivity index (χ4v) is 5.65. The fraction of sp³-hybridized carbons (Fsp3) is 0.607. The first-order chi connectivity index (χ1) is 14.4. The molecule has 0 radical (unpaired) electrons. The highest BCUT2D eigenvalue weighted by atomic mass is 16.4. The number of carboxylic acids is 1. The van der Waals surface area contributed by atoms with Crippen molar-refractivity contribution in [2.75, 3.05) is 0 Å². The molecule has 0 saturated carbocycles. The van der Waals surface area contributed by atoms with Crippen LogP contribution in [0.5, 0.6) is 0 Å². The van der Waals surface area contributed by atoms with Gasteiger partial charge in [0, 0.05) is 11.8 Å². The van der Waals surface area contributed by atoms with Crippen molar-refractivity contribution in [2.45, 2.75) is 86.2 Å². The van der Waals surface area contributed by atoms with Gasteiger partial charge in [-0.25, -0.2) is 0 Å². The minimum Gasteiger partial charge on any atom is -0.481 e. The van der Waals surface area contributed by atoms with Crippen molar-refractivity contribution in [1.29, 1.82) is 0 Å². The Balaban J connectivity index is 2.73. The van der Waals surface area contributed by atoms with Crippen LogP contribution in [0.2, 0.25) is 0 Å². The SMILES string of the molecule is CC(C)C1=CC(c2cccc(C(C)C)c2)=CC(C(C)C)(C(C)C)C1(O)CCCC(=O)O. The van der Waals surface area contributed by atoms with E-state index in [1.54, 1.807) is 0 Å². The molecule has 0 aliphatic heterocycles. The number of allylic oxidation sites excluding steroid dienone is 2. The van der Waals surface area contributed by atoms with Crippen LogP contribution in [0, 0.1) is 23.2 Å². The van der Waals surface area contributed by atoms with E-state index < -0.39 is 17.0 Å². The zero-order valence-electron chi connectivity index (χ0n) is 20.7. The fourth-order valence-electron chi connectivity index (χ4n) is 5.65. The minimum atomic E-state index is -1.07. The smallest absolute Gasteiger partial charge is 0.303 e. The van der Waals surface area contributed by atoms with Crippen molar-refractivity contribution >= 4 is 11.5 Å². The molecule has 31 heavy (non-hydrogen) atoms. The van der Waals surface area contributed by atoms with Crippen LogP contribution in [0.1, 0.15) is 91.7 Å². The summed E-state index contributed by atoms with van der Waals surface area (Å²) in [5, 5.41) is 21.6. The van der Waals surface area contributed by atoms with Crippen LogP contribution in [0.15, 0.2) is 42.0 Å². The number of hydrogen-bond donors (Lipinski definition) is 2. The van der Waals surface area contributed by atoms with Crippen molar-refractivity contribution in [3.8, 4) is 0 Å². The average Bonchev–Trinajstić information content (AvgIpc) is 2.67. The van der Waals surface area contributed by atoms with E-state index in [4.69, 9.17) is 0 Å². The lowest BCUT2D eigenvalue weighted by molar-refractivity contribution is -0.137. The quantitative estimate of drug-likeness (QED) is 0.444. The second-order valence-electron chi connectivity index (χ2n) is 10.5. The van der Waals surface area contributed by atoms with E-state index in [1.807, 2.05) is 0 Å². The Kier molecular flexibility index (Phi) is 7.97. The summed E-state index contributed by atoms with van der Waals surface area (Å²) in [4.78, 5) is 11.2. The van der Waals surface area contributed by atoms with Gasteiger partial charge in [-0.15, -0.1) is 0 Å². The van der Waals surface area contributed by atoms with Crippen LogP contribution in [0.3, 0.4) is 0 Å². The van der Waals surface area contributed by atoms with Gasteiger partial charge in [0.25, 0.3) is 0 Å². The third-order valence-corrected chi connectivity index (χ3v) is 7.25. The zero-order valence-corrected chi connectivity index (χ0v) is 20.7. The molecule has 1 aliphatic rings. The second kappa shape index (κ2) is 9.73. The summed E-state index contributed by atoms with van der Waals surface area (Å²) in [6.45, 7) is 17.4. The Morgan fingerprint density at radius 2 is 1.58 bits per heavy atom. The molecule has 3 nitrogen and oxygen atoms in total. The predicted molar refractivity (Wildman–Crippen MR) is 130 cm³/mol. The highest BCUT2D eigenvalue weighted by Gasteiger charge is 2.56. The van der Waals surface area contributed by atoms with Gasteiger partial charge in [-0.1, -0.05) is 91.8 Å². The summed E-state index contributed by atoms with van der Waals surface area (Å²) in [6, 6.07) is 8.72. The van der Waals surface area contributed by atoms with Crippen molar-refractivity contribution in [2.24, 2.45) is 23.2 Å². The average molecular weight is 427 g/mol. The van der Waals surface area contributed by atoms with Gasteiger partial charge in [-0.05, 0) is 58.8 Å². The maximum Gasteiger partial charge on any atom is 0.303 e. The molecule has 1 aromatic carbocycles. The molecule has 0 fully saturated rings. The Morgan fingerprint density at radius 1 is 0.968 bits per heavy atom. The molecule has 2 N–H and O–H groups in total. The lowest BCUT2D eigenvalue weighted by Gasteiger charge is -2.56. The van der Waals surface area contributed by atoms with Crippen molar-refractivity contribution in [3.05, 3.63) is 53.1 Å². The van der Waals surface area contributed by atoms with Gasteiger partial charge in [-0.2, -0.15) is 0 Å². The van der Waals surface area contributed by atoms with Gasteiger partial charge >= 0.3 is 5.97 Å². The number of carboxylic acid groups (broad SMARTS) is 1. The minimum absolute atomic E-state index is 0.0764. The first kappa shape index (κ1) is 25.4. The third-order valence-electron chi connectivity index (χ3n) is 7.25. The normalized spacial score (nSPS) is 21.1. The molecular weight excluding hydrogens is 384 g/mol. The van der Waals surface area contributed by atoms with Crippen molar-refractivity contribution in [3.63, 3.8) is 0 Å². The zero-order chi connectivity index (χ0) is 23.6. The number of carbonyl (C=O) groups is 1. The number of rotatable bonds is 9. The van der Waals surface area contributed by atoms with Crippen LogP contribution in [0.25, 0.3) is 5.57 Å². The summed E-state index contributed by atoms with van der Waals surface area (Å²) in [5.41, 5.74) is 3.12. The molecule has 1 aromatic rings. The lowest BCUT2D eigenvalue weighted by Crippen LogP contribution is -2.57. The topological polar surface area (TPSA) is 57.5 Å². The molecule has 1 unspecified atom stereocenters. The molecule has 0 amide bonds. The Hall–Kier alpha value is -1.87. The first-order valence-electron chi connectivity index (χ1n) is 11.9. The molecule has 0 saturated heterocycles. The van der Waals surface area contributed by atoms with Gasteiger partial charge in [0.05, 0.1) is 5.60 Å². The summed E-state index contributed by atoms with van der Waals surface area (Å²) in [7, 11) is 0. The van der Waals surface area contributed by atoms with E-state index in [9.17, 15) is 15.0 Å². The molecular formula is C28H42O3. The Bertz CT molecular complexity index is 834. The third kappa shape index (κ3) is 4.82. The molecule has 1 atom stereocenters. The second-order valence-corrected chi connectivity index (χ2v) is 10.5. The van der Waals surface area contributed by atoms with E-state index in [2.05, 4.69) is 91.8 Å². The van der Waals surface area contributed by atoms with Gasteiger partial charge in [0.1, 0.15) is 0 Å². The van der Waals surface area contributed by atoms with Gasteiger partial charge < -0.3 is 10.2 Å². The van der Waals surface area contributed by atoms with Crippen molar-refractivity contribution in [1.82, 2.24) is 0 Å². The van der Waals surface area contributed by atoms with Crippen LogP contribution >= 0.6 is 0 Å². The largest absolute Gasteiger partial charge is 0.481 e. The highest BCUT2D eigenvalue weighted by Crippen LogP contribution is 2.57. The molecule has 0 aromatic heterocycles. The molecule has 0 spiro atoms. The van der Waals surface area contributed by atoms with Crippen LogP contribution < -0.4 is 0 Å². The summed E-state index contributed by atoms with van der Waals surface area (Å²) < 4.78 is 0. The number of aliphatic hydroxyl groups is 1. The predicted octanol–water partition coefficient (Wildman–Crippen LogP) is 7.07. The van der Waals surface area contributed by atoms with E-state index in [0.29, 0.717) is 18.8 Å². The molecule has 1 aliphatic carbocycles. The standard InChI is InChI=1S/C28H42O3/c1-18(2)22-11-9-12-23(15-22)24-16-25(19(3)4)28(31,14-10-13-26(29)30)27(17-24,20(5)6)21(7)8/h9,11-12,15-21,31H,10,13-14H2,1-8H3,(H,29,30). The Labute approximate surface area is 189 Å². The first-order valence-corrected chi connectivity index (χ1v) is 11.9. The molecule has 2 rings (SSSR count). The molecule has 172 valence electrons. The van der Waals surface area contributed by atoms with Crippen LogP contribution in [0.4, 0.5) is 0 Å². The molecule has 0 bridgehead atoms. The maximum atomic E-state index is 12.4. The van der Waals surface area contributed by atoms with Gasteiger partial charge in [0.15, 0.2) is 0 Å². The van der Waals surface area contributed by atoms with Gasteiger partial charge in [-0.3, -0.25) is 4.79 Å². The monoisotopic (exact) mass is 426 g/mol. The van der Waals surface area contributed by atoms with E-state index in [-0.39, 0.29) is 24.2 Å². The lowest BCUT2D eigenvalue weighted by atomic mass is 9.51. The maximum absolute atomic E-state index is 12.4. The Morgan fingerprint density at radius 3 is 2.06 bits per heavy atom. The summed E-state index contributed by atoms with van der Waals surface area (Å²) in [5.74, 6) is 0.173.